The number of benzene rings is 2. The predicted molar refractivity (Wildman–Crippen MR) is 135 cm³/mol. The smallest absolute Gasteiger partial charge is 0.294 e. The zero-order chi connectivity index (χ0) is 24.7. The summed E-state index contributed by atoms with van der Waals surface area (Å²) in [5.74, 6) is 0.777. The van der Waals surface area contributed by atoms with Crippen LogP contribution in [0, 0.1) is 0 Å². The number of carbonyl (C=O) groups is 3. The van der Waals surface area contributed by atoms with Crippen molar-refractivity contribution in [2.24, 2.45) is 0 Å². The van der Waals surface area contributed by atoms with Gasteiger partial charge in [-0.05, 0) is 96.5 Å². The van der Waals surface area contributed by atoms with Crippen LogP contribution in [0.15, 0.2) is 45.8 Å². The molecule has 2 aromatic rings. The lowest BCUT2D eigenvalue weighted by Gasteiger charge is -2.14. The lowest BCUT2D eigenvalue weighted by atomic mass is 10.2. The minimum Gasteiger partial charge on any atom is -0.494 e. The lowest BCUT2D eigenvalue weighted by Crippen LogP contribution is -2.36. The van der Waals surface area contributed by atoms with Gasteiger partial charge in [-0.2, -0.15) is 0 Å². The van der Waals surface area contributed by atoms with Gasteiger partial charge in [-0.1, -0.05) is 0 Å². The van der Waals surface area contributed by atoms with Crippen molar-refractivity contribution < 1.29 is 28.6 Å². The first kappa shape index (κ1) is 25.6. The Kier molecular flexibility index (Phi) is 9.00. The number of nitrogens with one attached hydrogen (secondary N) is 1. The van der Waals surface area contributed by atoms with Gasteiger partial charge >= 0.3 is 0 Å². The van der Waals surface area contributed by atoms with E-state index in [-0.39, 0.29) is 11.4 Å². The van der Waals surface area contributed by atoms with E-state index in [0.717, 1.165) is 16.7 Å². The molecule has 1 saturated heterocycles. The minimum absolute atomic E-state index is 0.220. The topological polar surface area (TPSA) is 94.2 Å². The highest BCUT2D eigenvalue weighted by atomic mass is 79.9. The van der Waals surface area contributed by atoms with Crippen LogP contribution in [0.1, 0.15) is 26.3 Å². The summed E-state index contributed by atoms with van der Waals surface area (Å²) in [6.45, 7) is 6.68. The highest BCUT2D eigenvalue weighted by molar-refractivity contribution is 9.10. The zero-order valence-electron chi connectivity index (χ0n) is 19.1. The number of thioether (sulfide) groups is 1. The summed E-state index contributed by atoms with van der Waals surface area (Å²) in [5.41, 5.74) is 1.20. The second-order valence-corrected chi connectivity index (χ2v) is 8.82. The van der Waals surface area contributed by atoms with Crippen LogP contribution in [-0.2, 0) is 9.59 Å². The van der Waals surface area contributed by atoms with Crippen molar-refractivity contribution in [3.63, 3.8) is 0 Å². The Bertz CT molecular complexity index is 1100. The van der Waals surface area contributed by atoms with E-state index in [1.807, 2.05) is 20.8 Å². The summed E-state index contributed by atoms with van der Waals surface area (Å²) in [6.07, 6.45) is 1.60. The fourth-order valence-corrected chi connectivity index (χ4v) is 4.56. The number of carbonyl (C=O) groups excluding carboxylic acids is 3. The van der Waals surface area contributed by atoms with Crippen molar-refractivity contribution in [1.29, 1.82) is 0 Å². The summed E-state index contributed by atoms with van der Waals surface area (Å²) in [5, 5.41) is 2.18. The molecule has 0 aromatic heterocycles. The molecule has 0 bridgehead atoms. The van der Waals surface area contributed by atoms with Crippen LogP contribution >= 0.6 is 27.7 Å². The summed E-state index contributed by atoms with van der Waals surface area (Å²) >= 11 is 4.26. The quantitative estimate of drug-likeness (QED) is 0.401. The first-order valence-electron chi connectivity index (χ1n) is 10.7. The van der Waals surface area contributed by atoms with Gasteiger partial charge in [0.15, 0.2) is 11.5 Å². The Balaban J connectivity index is 1.72. The fraction of sp³-hybridized carbons (Fsp3) is 0.292. The molecule has 0 unspecified atom stereocenters. The van der Waals surface area contributed by atoms with E-state index in [1.54, 1.807) is 42.5 Å². The highest BCUT2D eigenvalue weighted by Crippen LogP contribution is 2.39. The highest BCUT2D eigenvalue weighted by Gasteiger charge is 2.36. The van der Waals surface area contributed by atoms with E-state index in [0.29, 0.717) is 52.8 Å². The lowest BCUT2D eigenvalue weighted by molar-refractivity contribution is -0.127. The molecule has 180 valence electrons. The maximum Gasteiger partial charge on any atom is 0.294 e. The average molecular weight is 549 g/mol. The van der Waals surface area contributed by atoms with Crippen molar-refractivity contribution >= 4 is 56.5 Å². The molecule has 2 aromatic carbocycles. The van der Waals surface area contributed by atoms with Gasteiger partial charge in [-0.3, -0.25) is 19.3 Å². The molecule has 3 amide bonds. The molecule has 1 heterocycles. The van der Waals surface area contributed by atoms with Gasteiger partial charge in [0.25, 0.3) is 11.1 Å². The minimum atomic E-state index is -0.528. The number of halogens is 1. The molecule has 0 aliphatic carbocycles. The maximum absolute atomic E-state index is 12.8. The monoisotopic (exact) mass is 548 g/mol. The standard InChI is InChI=1S/C24H25BrN2O6S/c1-4-31-17-9-7-16(8-10-17)26-21(28)14-27-23(29)20(34-24(27)30)13-15-11-18(25)22(33-6-3)19(12-15)32-5-2/h7-13H,4-6,14H2,1-3H3,(H,26,28)/b20-13+. The second-order valence-electron chi connectivity index (χ2n) is 6.97. The summed E-state index contributed by atoms with van der Waals surface area (Å²) in [4.78, 5) is 38.9. The summed E-state index contributed by atoms with van der Waals surface area (Å²) < 4.78 is 17.3. The normalized spacial score (nSPS) is 14.5. The number of amides is 3. The molecule has 0 atom stereocenters. The van der Waals surface area contributed by atoms with Crippen LogP contribution in [0.25, 0.3) is 6.08 Å². The van der Waals surface area contributed by atoms with Gasteiger partial charge in [-0.15, -0.1) is 0 Å². The molecule has 10 heteroatoms. The Hall–Kier alpha value is -2.98. The van der Waals surface area contributed by atoms with Crippen molar-refractivity contribution in [3.05, 3.63) is 51.3 Å². The molecular weight excluding hydrogens is 524 g/mol. The summed E-state index contributed by atoms with van der Waals surface area (Å²) in [7, 11) is 0. The Morgan fingerprint density at radius 2 is 1.71 bits per heavy atom. The average Bonchev–Trinajstić information content (AvgIpc) is 3.05. The third-order valence-electron chi connectivity index (χ3n) is 4.54. The largest absolute Gasteiger partial charge is 0.494 e. The van der Waals surface area contributed by atoms with Crippen LogP contribution < -0.4 is 19.5 Å². The number of imide groups is 1. The van der Waals surface area contributed by atoms with Crippen LogP contribution in [0.4, 0.5) is 10.5 Å². The van der Waals surface area contributed by atoms with Gasteiger partial charge in [0.05, 0.1) is 29.2 Å². The molecular formula is C24H25BrN2O6S. The molecule has 0 radical (unpaired) electrons. The van der Waals surface area contributed by atoms with E-state index >= 15 is 0 Å². The van der Waals surface area contributed by atoms with E-state index in [2.05, 4.69) is 21.2 Å². The number of hydrogen-bond acceptors (Lipinski definition) is 7. The van der Waals surface area contributed by atoms with Crippen LogP contribution in [0.2, 0.25) is 0 Å². The van der Waals surface area contributed by atoms with Crippen molar-refractivity contribution in [2.45, 2.75) is 20.8 Å². The second kappa shape index (κ2) is 11.9. The molecule has 1 fully saturated rings. The molecule has 8 nitrogen and oxygen atoms in total. The number of ether oxygens (including phenoxy) is 3. The zero-order valence-corrected chi connectivity index (χ0v) is 21.5. The first-order chi connectivity index (χ1) is 16.4. The van der Waals surface area contributed by atoms with Gasteiger partial charge in [0, 0.05) is 5.69 Å². The number of anilines is 1. The molecule has 3 rings (SSSR count). The first-order valence-corrected chi connectivity index (χ1v) is 12.3. The van der Waals surface area contributed by atoms with Gasteiger partial charge < -0.3 is 19.5 Å². The third kappa shape index (κ3) is 6.32. The van der Waals surface area contributed by atoms with Crippen molar-refractivity contribution in [2.75, 3.05) is 31.7 Å². The number of rotatable bonds is 10. The van der Waals surface area contributed by atoms with Crippen LogP contribution in [-0.4, -0.2) is 48.3 Å². The molecule has 34 heavy (non-hydrogen) atoms. The third-order valence-corrected chi connectivity index (χ3v) is 6.04. The molecule has 1 N–H and O–H groups in total. The van der Waals surface area contributed by atoms with Gasteiger partial charge in [-0.25, -0.2) is 0 Å². The van der Waals surface area contributed by atoms with E-state index in [4.69, 9.17) is 14.2 Å². The van der Waals surface area contributed by atoms with Crippen molar-refractivity contribution in [3.8, 4) is 17.2 Å². The maximum atomic E-state index is 12.8. The van der Waals surface area contributed by atoms with Gasteiger partial charge in [0.2, 0.25) is 5.91 Å². The number of nitrogens with zero attached hydrogens (tertiary/aromatic N) is 1. The predicted octanol–water partition coefficient (Wildman–Crippen LogP) is 5.32. The van der Waals surface area contributed by atoms with E-state index < -0.39 is 17.1 Å². The SMILES string of the molecule is CCOc1ccc(NC(=O)CN2C(=O)S/C(=C/c3cc(Br)c(OCC)c(OCC)c3)C2=O)cc1. The molecule has 1 aliphatic rings. The molecule has 0 saturated carbocycles. The molecule has 1 aliphatic heterocycles. The van der Waals surface area contributed by atoms with E-state index in [9.17, 15) is 14.4 Å². The van der Waals surface area contributed by atoms with Crippen LogP contribution in [0.5, 0.6) is 17.2 Å². The van der Waals surface area contributed by atoms with E-state index in [1.165, 1.54) is 0 Å². The van der Waals surface area contributed by atoms with Crippen LogP contribution in [0.3, 0.4) is 0 Å². The summed E-state index contributed by atoms with van der Waals surface area (Å²) in [6, 6.07) is 10.4. The fourth-order valence-electron chi connectivity index (χ4n) is 3.15. The van der Waals surface area contributed by atoms with Gasteiger partial charge in [0.1, 0.15) is 12.3 Å². The number of hydrogen-bond donors (Lipinski definition) is 1. The Morgan fingerprint density at radius 1 is 1.03 bits per heavy atom. The van der Waals surface area contributed by atoms with Crippen molar-refractivity contribution in [1.82, 2.24) is 4.90 Å². The Labute approximate surface area is 210 Å². The molecule has 0 spiro atoms. The Morgan fingerprint density at radius 3 is 2.35 bits per heavy atom.